The number of unbranched alkanes of at least 4 members (excludes halogenated alkanes) is 11. The average molecular weight is 442 g/mol. The zero-order valence-electron chi connectivity index (χ0n) is 18.3. The first-order chi connectivity index (χ1) is 14.4. The molecule has 0 aromatic rings. The molecule has 1 aliphatic heterocycles. The number of hydrogen-bond acceptors (Lipinski definition) is 5. The smallest absolute Gasteiger partial charge is 0.266 e. The van der Waals surface area contributed by atoms with Gasteiger partial charge < -0.3 is 5.32 Å². The summed E-state index contributed by atoms with van der Waals surface area (Å²) in [5, 5.41) is 11.0. The van der Waals surface area contributed by atoms with Crippen LogP contribution < -0.4 is 5.32 Å². The van der Waals surface area contributed by atoms with E-state index in [0.29, 0.717) is 6.42 Å². The lowest BCUT2D eigenvalue weighted by atomic mass is 9.98. The maximum absolute atomic E-state index is 11.5. The van der Waals surface area contributed by atoms with Crippen LogP contribution in [0.4, 0.5) is 0 Å². The Bertz CT molecular complexity index is 650. The van der Waals surface area contributed by atoms with Crippen molar-refractivity contribution in [3.05, 3.63) is 0 Å². The van der Waals surface area contributed by atoms with Crippen LogP contribution in [0.25, 0.3) is 0 Å². The van der Waals surface area contributed by atoms with Gasteiger partial charge in [0, 0.05) is 19.4 Å². The number of hydrogen-bond donors (Lipinski definition) is 2. The molecule has 0 aromatic carbocycles. The molecule has 2 N–H and O–H groups in total. The van der Waals surface area contributed by atoms with Crippen molar-refractivity contribution >= 4 is 16.0 Å². The van der Waals surface area contributed by atoms with Crippen molar-refractivity contribution in [1.29, 1.82) is 0 Å². The van der Waals surface area contributed by atoms with E-state index in [1.54, 1.807) is 0 Å². The Morgan fingerprint density at radius 1 is 0.867 bits per heavy atom. The van der Waals surface area contributed by atoms with Crippen LogP contribution in [-0.2, 0) is 14.9 Å². The molecule has 1 rings (SSSR count). The number of terminal acetylenes is 1. The van der Waals surface area contributed by atoms with Gasteiger partial charge >= 0.3 is 0 Å². The van der Waals surface area contributed by atoms with Crippen LogP contribution >= 0.6 is 0 Å². The number of carbonyl (C=O) groups excluding carboxylic acids is 1. The third-order valence-corrected chi connectivity index (χ3v) is 6.16. The van der Waals surface area contributed by atoms with Crippen LogP contribution in [0.3, 0.4) is 0 Å². The molecular formula is C22H39N3O4S. The third-order valence-electron chi connectivity index (χ3n) is 5.44. The van der Waals surface area contributed by atoms with Gasteiger partial charge in [-0.1, -0.05) is 57.8 Å². The molecule has 0 atom stereocenters. The van der Waals surface area contributed by atoms with Gasteiger partial charge in [-0.05, 0) is 32.1 Å². The molecule has 0 fully saturated rings. The van der Waals surface area contributed by atoms with Crippen LogP contribution in [-0.4, -0.2) is 36.8 Å². The normalized spacial score (nSPS) is 14.4. The summed E-state index contributed by atoms with van der Waals surface area (Å²) >= 11 is 0. The first-order valence-electron chi connectivity index (χ1n) is 11.5. The summed E-state index contributed by atoms with van der Waals surface area (Å²) < 4.78 is 29.7. The number of rotatable bonds is 20. The van der Waals surface area contributed by atoms with E-state index in [1.807, 2.05) is 0 Å². The predicted octanol–water partition coefficient (Wildman–Crippen LogP) is 5.03. The van der Waals surface area contributed by atoms with Gasteiger partial charge in [-0.25, -0.2) is 0 Å². The molecule has 8 heteroatoms. The number of carbonyl (C=O) groups is 1. The van der Waals surface area contributed by atoms with Crippen LogP contribution in [0, 0.1) is 12.3 Å². The second kappa shape index (κ2) is 15.4. The summed E-state index contributed by atoms with van der Waals surface area (Å²) in [6.07, 6.45) is 22.7. The quantitative estimate of drug-likeness (QED) is 0.157. The Balaban J connectivity index is 1.79. The second-order valence-electron chi connectivity index (χ2n) is 8.27. The molecule has 0 bridgehead atoms. The van der Waals surface area contributed by atoms with Gasteiger partial charge in [0.05, 0.1) is 5.75 Å². The Kier molecular flexibility index (Phi) is 13.6. The van der Waals surface area contributed by atoms with Crippen LogP contribution in [0.2, 0.25) is 0 Å². The van der Waals surface area contributed by atoms with E-state index in [4.69, 9.17) is 11.0 Å². The Morgan fingerprint density at radius 3 is 1.87 bits per heavy atom. The van der Waals surface area contributed by atoms with Crippen molar-refractivity contribution < 1.29 is 17.8 Å². The first kappa shape index (κ1) is 26.6. The molecule has 0 aromatic heterocycles. The van der Waals surface area contributed by atoms with Gasteiger partial charge in [-0.3, -0.25) is 9.35 Å². The largest absolute Gasteiger partial charge is 0.355 e. The zero-order chi connectivity index (χ0) is 22.1. The third kappa shape index (κ3) is 15.4. The molecule has 0 unspecified atom stereocenters. The summed E-state index contributed by atoms with van der Waals surface area (Å²) in [5.41, 5.74) is -0.0718. The molecule has 172 valence electrons. The summed E-state index contributed by atoms with van der Waals surface area (Å²) in [6.45, 7) is -0.0320. The summed E-state index contributed by atoms with van der Waals surface area (Å²) in [4.78, 5) is 11.5. The lowest BCUT2D eigenvalue weighted by molar-refractivity contribution is -0.121. The SMILES string of the molecule is C#CCCCC1(CCCCCCCCCCCCCC(=O)NCCS(=O)(=O)O)N=N1. The van der Waals surface area contributed by atoms with E-state index in [9.17, 15) is 13.2 Å². The van der Waals surface area contributed by atoms with Crippen LogP contribution in [0.1, 0.15) is 103 Å². The van der Waals surface area contributed by atoms with E-state index < -0.39 is 15.9 Å². The predicted molar refractivity (Wildman–Crippen MR) is 120 cm³/mol. The van der Waals surface area contributed by atoms with E-state index in [2.05, 4.69) is 21.5 Å². The number of nitrogens with one attached hydrogen (secondary N) is 1. The lowest BCUT2D eigenvalue weighted by Crippen LogP contribution is -2.28. The fraction of sp³-hybridized carbons (Fsp3) is 0.864. The highest BCUT2D eigenvalue weighted by molar-refractivity contribution is 7.85. The fourth-order valence-electron chi connectivity index (χ4n) is 3.56. The van der Waals surface area contributed by atoms with Crippen molar-refractivity contribution in [2.45, 2.75) is 108 Å². The molecule has 1 heterocycles. The highest BCUT2D eigenvalue weighted by Gasteiger charge is 2.38. The van der Waals surface area contributed by atoms with E-state index in [1.165, 1.54) is 51.4 Å². The molecule has 30 heavy (non-hydrogen) atoms. The molecule has 0 saturated carbocycles. The van der Waals surface area contributed by atoms with Crippen LogP contribution in [0.15, 0.2) is 10.2 Å². The summed E-state index contributed by atoms with van der Waals surface area (Å²) in [6, 6.07) is 0. The van der Waals surface area contributed by atoms with E-state index in [-0.39, 0.29) is 18.1 Å². The molecule has 0 radical (unpaired) electrons. The lowest BCUT2D eigenvalue weighted by Gasteiger charge is -2.09. The van der Waals surface area contributed by atoms with Crippen molar-refractivity contribution in [1.82, 2.24) is 5.32 Å². The Hall–Kier alpha value is -1.46. The standard InChI is InChI=1S/C22H39N3O4S/c1-2-3-14-17-22(24-25-22)18-15-12-10-8-6-4-5-7-9-11-13-16-21(26)23-19-20-30(27,28)29/h1H,3-20H2,(H,23,26)(H,27,28,29). The monoisotopic (exact) mass is 441 g/mol. The molecule has 1 aliphatic rings. The van der Waals surface area contributed by atoms with E-state index in [0.717, 1.165) is 44.9 Å². The first-order valence-corrected chi connectivity index (χ1v) is 13.1. The maximum atomic E-state index is 11.5. The minimum absolute atomic E-state index is 0.0320. The summed E-state index contributed by atoms with van der Waals surface area (Å²) in [5.74, 6) is 2.09. The second-order valence-corrected chi connectivity index (χ2v) is 9.84. The van der Waals surface area contributed by atoms with Crippen molar-refractivity contribution in [3.63, 3.8) is 0 Å². The molecule has 0 spiro atoms. The van der Waals surface area contributed by atoms with Crippen molar-refractivity contribution in [3.8, 4) is 12.3 Å². The van der Waals surface area contributed by atoms with Gasteiger partial charge in [0.1, 0.15) is 0 Å². The highest BCUT2D eigenvalue weighted by atomic mass is 32.2. The maximum Gasteiger partial charge on any atom is 0.266 e. The van der Waals surface area contributed by atoms with Crippen molar-refractivity contribution in [2.24, 2.45) is 10.2 Å². The van der Waals surface area contributed by atoms with Gasteiger partial charge in [0.2, 0.25) is 5.91 Å². The van der Waals surface area contributed by atoms with Gasteiger partial charge in [-0.15, -0.1) is 12.3 Å². The fourth-order valence-corrected chi connectivity index (χ4v) is 3.92. The summed E-state index contributed by atoms with van der Waals surface area (Å²) in [7, 11) is -4.00. The van der Waals surface area contributed by atoms with Gasteiger partial charge in [0.25, 0.3) is 10.1 Å². The highest BCUT2D eigenvalue weighted by Crippen LogP contribution is 2.38. The minimum Gasteiger partial charge on any atom is -0.355 e. The average Bonchev–Trinajstić information content (AvgIpc) is 3.44. The Labute approximate surface area is 182 Å². The van der Waals surface area contributed by atoms with Gasteiger partial charge in [-0.2, -0.15) is 18.6 Å². The molecular weight excluding hydrogens is 402 g/mol. The zero-order valence-corrected chi connectivity index (χ0v) is 19.1. The van der Waals surface area contributed by atoms with E-state index >= 15 is 0 Å². The topological polar surface area (TPSA) is 108 Å². The van der Waals surface area contributed by atoms with Crippen LogP contribution in [0.5, 0.6) is 0 Å². The molecule has 0 aliphatic carbocycles. The van der Waals surface area contributed by atoms with Gasteiger partial charge in [0.15, 0.2) is 5.66 Å². The molecule has 7 nitrogen and oxygen atoms in total. The molecule has 1 amide bonds. The number of nitrogens with zero attached hydrogens (tertiary/aromatic N) is 2. The number of amides is 1. The Morgan fingerprint density at radius 2 is 1.37 bits per heavy atom. The minimum atomic E-state index is -4.00. The molecule has 0 saturated heterocycles. The van der Waals surface area contributed by atoms with Crippen molar-refractivity contribution in [2.75, 3.05) is 12.3 Å².